The summed E-state index contributed by atoms with van der Waals surface area (Å²) in [5.41, 5.74) is 5.74. The number of nitrogens with zero attached hydrogens (tertiary/aromatic N) is 1. The van der Waals surface area contributed by atoms with Gasteiger partial charge in [0.05, 0.1) is 13.0 Å². The first-order valence-corrected chi connectivity index (χ1v) is 6.23. The van der Waals surface area contributed by atoms with E-state index in [2.05, 4.69) is 15.6 Å². The molecule has 1 atom stereocenters. The number of carboxylic acid groups (broad SMARTS) is 1. The highest BCUT2D eigenvalue weighted by Gasteiger charge is 2.21. The molecule has 1 aromatic rings. The molecule has 0 saturated carbocycles. The van der Waals surface area contributed by atoms with Crippen LogP contribution in [0.4, 0.5) is 4.79 Å². The molecule has 1 aromatic heterocycles. The number of carboxylic acids is 1. The second-order valence-corrected chi connectivity index (χ2v) is 4.71. The normalized spacial score (nSPS) is 11.6. The van der Waals surface area contributed by atoms with Gasteiger partial charge in [-0.15, -0.1) is 11.3 Å². The molecule has 19 heavy (non-hydrogen) atoms. The monoisotopic (exact) mass is 286 g/mol. The van der Waals surface area contributed by atoms with Crippen LogP contribution in [0.1, 0.15) is 17.1 Å². The van der Waals surface area contributed by atoms with Crippen LogP contribution in [-0.2, 0) is 16.1 Å². The second kappa shape index (κ2) is 6.69. The summed E-state index contributed by atoms with van der Waals surface area (Å²) in [6, 6.07) is -2.03. The number of thiazole rings is 1. The third-order valence-electron chi connectivity index (χ3n) is 2.08. The van der Waals surface area contributed by atoms with Crippen molar-refractivity contribution < 1.29 is 19.5 Å². The van der Waals surface area contributed by atoms with Gasteiger partial charge in [-0.25, -0.2) is 14.6 Å². The number of rotatable bonds is 6. The Balaban J connectivity index is 2.44. The van der Waals surface area contributed by atoms with E-state index in [0.29, 0.717) is 5.01 Å². The Hall–Kier alpha value is -2.16. The molecule has 0 aliphatic carbocycles. The number of aliphatic carboxylic acids is 1. The third-order valence-corrected chi connectivity index (χ3v) is 3.04. The summed E-state index contributed by atoms with van der Waals surface area (Å²) >= 11 is 1.38. The zero-order valence-corrected chi connectivity index (χ0v) is 11.0. The van der Waals surface area contributed by atoms with Crippen molar-refractivity contribution in [3.63, 3.8) is 0 Å². The molecule has 0 fully saturated rings. The highest BCUT2D eigenvalue weighted by Crippen LogP contribution is 2.07. The number of amides is 3. The molecule has 5 N–H and O–H groups in total. The fourth-order valence-corrected chi connectivity index (χ4v) is 1.96. The number of hydrogen-bond donors (Lipinski definition) is 4. The number of carbonyl (C=O) groups excluding carboxylic acids is 2. The van der Waals surface area contributed by atoms with Crippen molar-refractivity contribution in [2.45, 2.75) is 25.9 Å². The summed E-state index contributed by atoms with van der Waals surface area (Å²) in [7, 11) is 0. The van der Waals surface area contributed by atoms with Crippen LogP contribution in [0.3, 0.4) is 0 Å². The zero-order valence-electron chi connectivity index (χ0n) is 10.2. The van der Waals surface area contributed by atoms with Gasteiger partial charge in [0.2, 0.25) is 5.91 Å². The van der Waals surface area contributed by atoms with Crippen molar-refractivity contribution in [2.24, 2.45) is 5.73 Å². The quantitative estimate of drug-likeness (QED) is 0.563. The van der Waals surface area contributed by atoms with Gasteiger partial charge in [-0.05, 0) is 6.92 Å². The molecule has 0 spiro atoms. The van der Waals surface area contributed by atoms with Gasteiger partial charge in [0.25, 0.3) is 0 Å². The maximum Gasteiger partial charge on any atom is 0.326 e. The van der Waals surface area contributed by atoms with Gasteiger partial charge in [-0.2, -0.15) is 0 Å². The van der Waals surface area contributed by atoms with E-state index in [0.717, 1.165) is 5.69 Å². The Morgan fingerprint density at radius 1 is 1.53 bits per heavy atom. The van der Waals surface area contributed by atoms with Crippen molar-refractivity contribution >= 4 is 29.2 Å². The molecular weight excluding hydrogens is 272 g/mol. The van der Waals surface area contributed by atoms with Gasteiger partial charge in [0.15, 0.2) is 0 Å². The number of hydrogen-bond acceptors (Lipinski definition) is 5. The fourth-order valence-electron chi connectivity index (χ4n) is 1.25. The maximum absolute atomic E-state index is 11.5. The largest absolute Gasteiger partial charge is 0.480 e. The summed E-state index contributed by atoms with van der Waals surface area (Å²) in [5.74, 6) is -2.12. The molecule has 0 aliphatic rings. The van der Waals surface area contributed by atoms with E-state index in [1.54, 1.807) is 0 Å². The highest BCUT2D eigenvalue weighted by atomic mass is 32.1. The van der Waals surface area contributed by atoms with E-state index in [4.69, 9.17) is 10.8 Å². The van der Waals surface area contributed by atoms with E-state index in [1.165, 1.54) is 11.3 Å². The molecule has 0 aliphatic heterocycles. The molecule has 3 amide bonds. The van der Waals surface area contributed by atoms with Crippen molar-refractivity contribution in [2.75, 3.05) is 0 Å². The summed E-state index contributed by atoms with van der Waals surface area (Å²) in [5, 5.41) is 15.9. The smallest absolute Gasteiger partial charge is 0.326 e. The van der Waals surface area contributed by atoms with E-state index >= 15 is 0 Å². The average molecular weight is 286 g/mol. The van der Waals surface area contributed by atoms with E-state index in [-0.39, 0.29) is 6.54 Å². The molecule has 0 bridgehead atoms. The molecule has 104 valence electrons. The van der Waals surface area contributed by atoms with Crippen molar-refractivity contribution in [1.29, 1.82) is 0 Å². The zero-order chi connectivity index (χ0) is 14.4. The number of urea groups is 1. The van der Waals surface area contributed by atoms with E-state index < -0.39 is 30.4 Å². The minimum absolute atomic E-state index is 0.188. The SMILES string of the molecule is Cc1csc(CNC(=O)NC(CC(N)=O)C(=O)O)n1. The predicted octanol–water partition coefficient (Wildman–Crippen LogP) is -0.421. The molecule has 1 rings (SSSR count). The van der Waals surface area contributed by atoms with Crippen molar-refractivity contribution in [3.8, 4) is 0 Å². The summed E-state index contributed by atoms with van der Waals surface area (Å²) in [6.07, 6.45) is -0.459. The van der Waals surface area contributed by atoms with Gasteiger partial charge in [-0.3, -0.25) is 4.79 Å². The first kappa shape index (κ1) is 14.9. The van der Waals surface area contributed by atoms with E-state index in [9.17, 15) is 14.4 Å². The first-order chi connectivity index (χ1) is 8.88. The average Bonchev–Trinajstić information content (AvgIpc) is 2.71. The van der Waals surface area contributed by atoms with Crippen molar-refractivity contribution in [1.82, 2.24) is 15.6 Å². The lowest BCUT2D eigenvalue weighted by molar-refractivity contribution is -0.140. The molecule has 1 unspecified atom stereocenters. The maximum atomic E-state index is 11.5. The van der Waals surface area contributed by atoms with Crippen LogP contribution < -0.4 is 16.4 Å². The minimum Gasteiger partial charge on any atom is -0.480 e. The number of nitrogens with two attached hydrogens (primary N) is 1. The van der Waals surface area contributed by atoms with Crippen molar-refractivity contribution in [3.05, 3.63) is 16.1 Å². The van der Waals surface area contributed by atoms with E-state index in [1.807, 2.05) is 12.3 Å². The van der Waals surface area contributed by atoms with Gasteiger partial charge in [0.1, 0.15) is 11.0 Å². The Morgan fingerprint density at radius 2 is 2.21 bits per heavy atom. The lowest BCUT2D eigenvalue weighted by Crippen LogP contribution is -2.47. The summed E-state index contributed by atoms with van der Waals surface area (Å²) in [4.78, 5) is 37.0. The lowest BCUT2D eigenvalue weighted by Gasteiger charge is -2.13. The number of carbonyl (C=O) groups is 3. The van der Waals surface area contributed by atoms with Crippen LogP contribution in [0.5, 0.6) is 0 Å². The van der Waals surface area contributed by atoms with Gasteiger partial charge in [-0.1, -0.05) is 0 Å². The highest BCUT2D eigenvalue weighted by molar-refractivity contribution is 7.09. The van der Waals surface area contributed by atoms with Crippen LogP contribution in [0.15, 0.2) is 5.38 Å². The number of primary amides is 1. The Kier molecular flexibility index (Phi) is 5.24. The first-order valence-electron chi connectivity index (χ1n) is 5.35. The number of aryl methyl sites for hydroxylation is 1. The molecular formula is C10H14N4O4S. The Morgan fingerprint density at radius 3 is 2.68 bits per heavy atom. The molecule has 8 nitrogen and oxygen atoms in total. The van der Waals surface area contributed by atoms with Gasteiger partial charge in [0, 0.05) is 11.1 Å². The standard InChI is InChI=1S/C10H14N4O4S/c1-5-4-19-8(13-5)3-12-10(18)14-6(9(16)17)2-7(11)15/h4,6H,2-3H2,1H3,(H2,11,15)(H,16,17)(H2,12,14,18). The number of aromatic nitrogens is 1. The molecule has 1 heterocycles. The lowest BCUT2D eigenvalue weighted by atomic mass is 10.2. The molecule has 9 heteroatoms. The predicted molar refractivity (Wildman–Crippen MR) is 67.5 cm³/mol. The summed E-state index contributed by atoms with van der Waals surface area (Å²) in [6.45, 7) is 2.01. The van der Waals surface area contributed by atoms with Crippen LogP contribution in [-0.4, -0.2) is 34.0 Å². The topological polar surface area (TPSA) is 134 Å². The Labute approximate surface area is 113 Å². The summed E-state index contributed by atoms with van der Waals surface area (Å²) < 4.78 is 0. The van der Waals surface area contributed by atoms with Crippen LogP contribution in [0, 0.1) is 6.92 Å². The van der Waals surface area contributed by atoms with Crippen LogP contribution >= 0.6 is 11.3 Å². The van der Waals surface area contributed by atoms with Gasteiger partial charge >= 0.3 is 12.0 Å². The minimum atomic E-state index is -1.34. The second-order valence-electron chi connectivity index (χ2n) is 3.77. The van der Waals surface area contributed by atoms with Crippen LogP contribution in [0.25, 0.3) is 0 Å². The molecule has 0 aromatic carbocycles. The fraction of sp³-hybridized carbons (Fsp3) is 0.400. The molecule has 0 saturated heterocycles. The van der Waals surface area contributed by atoms with Crippen LogP contribution in [0.2, 0.25) is 0 Å². The number of nitrogens with one attached hydrogen (secondary N) is 2. The molecule has 0 radical (unpaired) electrons. The third kappa shape index (κ3) is 5.34. The Bertz CT molecular complexity index is 488. The van der Waals surface area contributed by atoms with Gasteiger partial charge < -0.3 is 21.5 Å².